The Morgan fingerprint density at radius 1 is 1.08 bits per heavy atom. The number of rotatable bonds is 5. The van der Waals surface area contributed by atoms with Crippen molar-refractivity contribution < 1.29 is 19.2 Å². The van der Waals surface area contributed by atoms with E-state index in [0.717, 1.165) is 0 Å². The van der Waals surface area contributed by atoms with Crippen molar-refractivity contribution in [2.24, 2.45) is 0 Å². The minimum atomic E-state index is -0.491. The number of hydrogen-bond donors (Lipinski definition) is 1. The number of amides is 1. The number of nitrogens with one attached hydrogen (secondary N) is 1. The van der Waals surface area contributed by atoms with E-state index in [0.29, 0.717) is 27.9 Å². The van der Waals surface area contributed by atoms with Crippen LogP contribution in [0.2, 0.25) is 0 Å². The van der Waals surface area contributed by atoms with Gasteiger partial charge in [-0.1, -0.05) is 0 Å². The van der Waals surface area contributed by atoms with Crippen LogP contribution in [0, 0.1) is 24.0 Å². The highest BCUT2D eigenvalue weighted by atomic mass is 16.6. The van der Waals surface area contributed by atoms with Gasteiger partial charge in [-0.05, 0) is 56.7 Å². The van der Waals surface area contributed by atoms with E-state index in [1.807, 2.05) is 0 Å². The molecule has 0 atom stereocenters. The topological polar surface area (TPSA) is 98.5 Å². The van der Waals surface area contributed by atoms with Gasteiger partial charge in [-0.3, -0.25) is 14.9 Å². The van der Waals surface area contributed by atoms with Crippen LogP contribution in [0.3, 0.4) is 0 Å². The van der Waals surface area contributed by atoms with Gasteiger partial charge in [0.1, 0.15) is 0 Å². The lowest BCUT2D eigenvalue weighted by atomic mass is 10.1. The summed E-state index contributed by atoms with van der Waals surface area (Å²) in [5.41, 5.74) is 2.35. The third-order valence-corrected chi connectivity index (χ3v) is 3.64. The molecule has 2 aromatic rings. The Morgan fingerprint density at radius 2 is 1.72 bits per heavy atom. The fourth-order valence-corrected chi connectivity index (χ4v) is 2.34. The van der Waals surface area contributed by atoms with Crippen LogP contribution >= 0.6 is 0 Å². The molecule has 1 N–H and O–H groups in total. The number of carbonyl (C=O) groups is 2. The number of hydrogen-bond acceptors (Lipinski definition) is 5. The molecule has 0 radical (unpaired) electrons. The van der Waals surface area contributed by atoms with Gasteiger partial charge in [0.05, 0.1) is 17.1 Å². The molecule has 0 bridgehead atoms. The summed E-state index contributed by atoms with van der Waals surface area (Å²) < 4.78 is 4.94. The second-order valence-electron chi connectivity index (χ2n) is 5.46. The van der Waals surface area contributed by atoms with Crippen LogP contribution in [0.25, 0.3) is 0 Å². The first-order valence-electron chi connectivity index (χ1n) is 7.67. The number of anilines is 1. The summed E-state index contributed by atoms with van der Waals surface area (Å²) in [5.74, 6) is -0.806. The maximum Gasteiger partial charge on any atom is 0.338 e. The zero-order valence-electron chi connectivity index (χ0n) is 14.2. The van der Waals surface area contributed by atoms with Crippen LogP contribution in [0.1, 0.15) is 38.8 Å². The third-order valence-electron chi connectivity index (χ3n) is 3.64. The average molecular weight is 342 g/mol. The Hall–Kier alpha value is -3.22. The largest absolute Gasteiger partial charge is 0.462 e. The maximum absolute atomic E-state index is 12.3. The first-order valence-corrected chi connectivity index (χ1v) is 7.67. The van der Waals surface area contributed by atoms with Gasteiger partial charge < -0.3 is 10.1 Å². The maximum atomic E-state index is 12.3. The molecule has 0 aliphatic heterocycles. The molecule has 2 aromatic carbocycles. The van der Waals surface area contributed by atoms with Crippen LogP contribution in [0.5, 0.6) is 0 Å². The highest BCUT2D eigenvalue weighted by Crippen LogP contribution is 2.21. The van der Waals surface area contributed by atoms with Crippen molar-refractivity contribution in [3.05, 3.63) is 68.8 Å². The van der Waals surface area contributed by atoms with Gasteiger partial charge in [0.25, 0.3) is 11.6 Å². The molecule has 7 heteroatoms. The minimum Gasteiger partial charge on any atom is -0.462 e. The molecule has 25 heavy (non-hydrogen) atoms. The van der Waals surface area contributed by atoms with Gasteiger partial charge in [-0.15, -0.1) is 0 Å². The molecule has 0 aromatic heterocycles. The lowest BCUT2D eigenvalue weighted by Crippen LogP contribution is -2.14. The second kappa shape index (κ2) is 7.57. The highest BCUT2D eigenvalue weighted by molar-refractivity contribution is 6.05. The molecular formula is C18H18N2O5. The standard InChI is InChI=1S/C18H18N2O5/c1-4-25-18(22)14-5-7-15(11(2)9-14)19-17(21)13-6-8-16(20(23)24)12(3)10-13/h5-10H,4H2,1-3H3,(H,19,21). The van der Waals surface area contributed by atoms with Crippen LogP contribution in [0.15, 0.2) is 36.4 Å². The number of ether oxygens (including phenoxy) is 1. The van der Waals surface area contributed by atoms with E-state index in [2.05, 4.69) is 5.32 Å². The van der Waals surface area contributed by atoms with Gasteiger partial charge in [0.2, 0.25) is 0 Å². The van der Waals surface area contributed by atoms with E-state index in [-0.39, 0.29) is 18.2 Å². The number of nitrogens with zero attached hydrogens (tertiary/aromatic N) is 1. The fourth-order valence-electron chi connectivity index (χ4n) is 2.34. The molecule has 0 saturated heterocycles. The molecule has 0 unspecified atom stereocenters. The first-order chi connectivity index (χ1) is 11.8. The van der Waals surface area contributed by atoms with E-state index >= 15 is 0 Å². The summed E-state index contributed by atoms with van der Waals surface area (Å²) in [6.45, 7) is 5.36. The first kappa shape index (κ1) is 18.1. The van der Waals surface area contributed by atoms with Gasteiger partial charge >= 0.3 is 5.97 Å². The van der Waals surface area contributed by atoms with Crippen LogP contribution in [-0.4, -0.2) is 23.4 Å². The molecule has 0 aliphatic rings. The summed E-state index contributed by atoms with van der Waals surface area (Å²) in [6.07, 6.45) is 0. The lowest BCUT2D eigenvalue weighted by Gasteiger charge is -2.10. The Bertz CT molecular complexity index is 845. The number of carbonyl (C=O) groups excluding carboxylic acids is 2. The molecule has 0 aliphatic carbocycles. The molecular weight excluding hydrogens is 324 g/mol. The summed E-state index contributed by atoms with van der Waals surface area (Å²) in [5, 5.41) is 13.6. The Balaban J connectivity index is 2.19. The van der Waals surface area contributed by atoms with Crippen LogP contribution < -0.4 is 5.32 Å². The van der Waals surface area contributed by atoms with E-state index in [4.69, 9.17) is 4.74 Å². The molecule has 0 spiro atoms. The van der Waals surface area contributed by atoms with E-state index < -0.39 is 10.9 Å². The summed E-state index contributed by atoms with van der Waals surface area (Å²) in [6, 6.07) is 9.01. The normalized spacial score (nSPS) is 10.2. The molecule has 0 heterocycles. The van der Waals surface area contributed by atoms with Crippen molar-refractivity contribution in [3.8, 4) is 0 Å². The zero-order chi connectivity index (χ0) is 18.6. The van der Waals surface area contributed by atoms with Crippen LogP contribution in [-0.2, 0) is 4.74 Å². The molecule has 2 rings (SSSR count). The molecule has 130 valence electrons. The number of esters is 1. The number of nitro groups is 1. The van der Waals surface area contributed by atoms with Crippen molar-refractivity contribution in [2.45, 2.75) is 20.8 Å². The average Bonchev–Trinajstić information content (AvgIpc) is 2.56. The number of benzene rings is 2. The van der Waals surface area contributed by atoms with Crippen molar-refractivity contribution in [1.82, 2.24) is 0 Å². The predicted molar refractivity (Wildman–Crippen MR) is 92.9 cm³/mol. The monoisotopic (exact) mass is 342 g/mol. The SMILES string of the molecule is CCOC(=O)c1ccc(NC(=O)c2ccc([N+](=O)[O-])c(C)c2)c(C)c1. The van der Waals surface area contributed by atoms with Crippen molar-refractivity contribution >= 4 is 23.3 Å². The van der Waals surface area contributed by atoms with Gasteiger partial charge in [-0.25, -0.2) is 4.79 Å². The summed E-state index contributed by atoms with van der Waals surface area (Å²) in [4.78, 5) is 34.4. The predicted octanol–water partition coefficient (Wildman–Crippen LogP) is 3.64. The van der Waals surface area contributed by atoms with E-state index in [1.165, 1.54) is 18.2 Å². The Labute approximate surface area is 144 Å². The minimum absolute atomic E-state index is 0.0356. The van der Waals surface area contributed by atoms with Crippen LogP contribution in [0.4, 0.5) is 11.4 Å². The Morgan fingerprint density at radius 3 is 2.28 bits per heavy atom. The quantitative estimate of drug-likeness (QED) is 0.508. The second-order valence-corrected chi connectivity index (χ2v) is 5.46. The fraction of sp³-hybridized carbons (Fsp3) is 0.222. The van der Waals surface area contributed by atoms with Gasteiger partial charge in [0, 0.05) is 22.9 Å². The number of nitro benzene ring substituents is 1. The van der Waals surface area contributed by atoms with Crippen molar-refractivity contribution in [2.75, 3.05) is 11.9 Å². The Kier molecular flexibility index (Phi) is 5.49. The van der Waals surface area contributed by atoms with Gasteiger partial charge in [-0.2, -0.15) is 0 Å². The van der Waals surface area contributed by atoms with E-state index in [1.54, 1.807) is 39.0 Å². The molecule has 7 nitrogen and oxygen atoms in total. The summed E-state index contributed by atoms with van der Waals surface area (Å²) in [7, 11) is 0. The highest BCUT2D eigenvalue weighted by Gasteiger charge is 2.15. The summed E-state index contributed by atoms with van der Waals surface area (Å²) >= 11 is 0. The van der Waals surface area contributed by atoms with Gasteiger partial charge in [0.15, 0.2) is 0 Å². The van der Waals surface area contributed by atoms with Crippen molar-refractivity contribution in [3.63, 3.8) is 0 Å². The molecule has 1 amide bonds. The smallest absolute Gasteiger partial charge is 0.338 e. The zero-order valence-corrected chi connectivity index (χ0v) is 14.2. The third kappa shape index (κ3) is 4.20. The molecule has 0 fully saturated rings. The van der Waals surface area contributed by atoms with E-state index in [9.17, 15) is 19.7 Å². The van der Waals surface area contributed by atoms with Crippen molar-refractivity contribution in [1.29, 1.82) is 0 Å². The lowest BCUT2D eigenvalue weighted by molar-refractivity contribution is -0.385. The number of aryl methyl sites for hydroxylation is 2. The molecule has 0 saturated carbocycles.